The average Bonchev–Trinajstić information content (AvgIpc) is 3.16. The number of halogens is 1. The fourth-order valence-electron chi connectivity index (χ4n) is 3.06. The van der Waals surface area contributed by atoms with Gasteiger partial charge >= 0.3 is 6.01 Å². The lowest BCUT2D eigenvalue weighted by Crippen LogP contribution is -2.21. The first kappa shape index (κ1) is 23.9. The van der Waals surface area contributed by atoms with E-state index in [2.05, 4.69) is 35.5 Å². The Morgan fingerprint density at radius 2 is 2.00 bits per heavy atom. The summed E-state index contributed by atoms with van der Waals surface area (Å²) in [4.78, 5) is 18.2. The third-order valence-electron chi connectivity index (χ3n) is 4.66. The van der Waals surface area contributed by atoms with Gasteiger partial charge in [-0.1, -0.05) is 18.2 Å². The molecular weight excluding hydrogens is 421 g/mol. The van der Waals surface area contributed by atoms with Gasteiger partial charge in [0, 0.05) is 42.8 Å². The number of nitrogens with one attached hydrogen (secondary N) is 3. The lowest BCUT2D eigenvalue weighted by atomic mass is 10.2. The number of hydrogen-bond acceptors (Lipinski definition) is 6. The van der Waals surface area contributed by atoms with Gasteiger partial charge in [0.05, 0.1) is 0 Å². The molecule has 0 aliphatic rings. The van der Waals surface area contributed by atoms with Crippen molar-refractivity contribution in [3.63, 3.8) is 0 Å². The van der Waals surface area contributed by atoms with E-state index >= 15 is 4.39 Å². The molecule has 0 unspecified atom stereocenters. The van der Waals surface area contributed by atoms with Crippen molar-refractivity contribution in [2.75, 3.05) is 44.9 Å². The van der Waals surface area contributed by atoms with Crippen LogP contribution in [0.1, 0.15) is 12.6 Å². The van der Waals surface area contributed by atoms with Crippen molar-refractivity contribution < 1.29 is 9.13 Å². The van der Waals surface area contributed by atoms with Gasteiger partial charge in [-0.2, -0.15) is 9.97 Å². The number of ether oxygens (including phenoxy) is 1. The number of aryl methyl sites for hydroxylation is 1. The zero-order chi connectivity index (χ0) is 23.8. The topological polar surface area (TPSA) is 90.5 Å². The summed E-state index contributed by atoms with van der Waals surface area (Å²) in [6, 6.07) is 6.85. The molecule has 0 saturated heterocycles. The molecule has 174 valence electrons. The molecule has 0 amide bonds. The summed E-state index contributed by atoms with van der Waals surface area (Å²) >= 11 is 0. The second-order valence-electron chi connectivity index (χ2n) is 7.66. The van der Waals surface area contributed by atoms with Crippen LogP contribution in [0.4, 0.5) is 16.0 Å². The highest BCUT2D eigenvalue weighted by molar-refractivity contribution is 6.03. The second-order valence-corrected chi connectivity index (χ2v) is 7.66. The standard InChI is InChI=1S/C24H30FN7O/c1-6-7-8-9-20(26-3)29-22-15-21(27-12-13-32(4)5)30-24(31-22)33-19-11-10-18-17(23(19)25)14-16(2)28-18/h6-11,14-15,28H,12-13H2,1-5H3,(H2,26,27,29,30,31). The predicted octanol–water partition coefficient (Wildman–Crippen LogP) is 4.74. The number of aromatic nitrogens is 3. The minimum absolute atomic E-state index is 0.0192. The first-order valence-electron chi connectivity index (χ1n) is 10.7. The predicted molar refractivity (Wildman–Crippen MR) is 133 cm³/mol. The number of benzene rings is 1. The molecule has 0 radical (unpaired) electrons. The maximum absolute atomic E-state index is 15.0. The Morgan fingerprint density at radius 3 is 2.73 bits per heavy atom. The van der Waals surface area contributed by atoms with E-state index < -0.39 is 5.82 Å². The summed E-state index contributed by atoms with van der Waals surface area (Å²) in [5, 5.41) is 6.86. The molecule has 0 atom stereocenters. The molecule has 1 aromatic carbocycles. The molecular formula is C24H30FN7O. The van der Waals surface area contributed by atoms with Gasteiger partial charge in [-0.25, -0.2) is 4.39 Å². The van der Waals surface area contributed by atoms with E-state index in [1.54, 1.807) is 31.3 Å². The first-order valence-corrected chi connectivity index (χ1v) is 10.7. The van der Waals surface area contributed by atoms with Crippen LogP contribution in [-0.4, -0.2) is 59.9 Å². The maximum Gasteiger partial charge on any atom is 0.326 e. The monoisotopic (exact) mass is 451 g/mol. The molecule has 0 aliphatic carbocycles. The summed E-state index contributed by atoms with van der Waals surface area (Å²) in [6.45, 7) is 5.30. The highest BCUT2D eigenvalue weighted by Crippen LogP contribution is 2.30. The molecule has 0 fully saturated rings. The van der Waals surface area contributed by atoms with Gasteiger partial charge in [0.2, 0.25) is 0 Å². The molecule has 0 aliphatic heterocycles. The van der Waals surface area contributed by atoms with Crippen LogP contribution in [0.5, 0.6) is 11.8 Å². The number of hydrogen-bond donors (Lipinski definition) is 3. The van der Waals surface area contributed by atoms with Crippen molar-refractivity contribution in [3.8, 4) is 11.8 Å². The first-order chi connectivity index (χ1) is 15.9. The van der Waals surface area contributed by atoms with Crippen LogP contribution in [-0.2, 0) is 0 Å². The Hall–Kier alpha value is -3.72. The lowest BCUT2D eigenvalue weighted by Gasteiger charge is -2.14. The molecule has 33 heavy (non-hydrogen) atoms. The summed E-state index contributed by atoms with van der Waals surface area (Å²) in [5.41, 5.74) is 1.57. The summed E-state index contributed by atoms with van der Waals surface area (Å²) < 4.78 is 20.8. The third-order valence-corrected chi connectivity index (χ3v) is 4.66. The normalized spacial score (nSPS) is 12.4. The lowest BCUT2D eigenvalue weighted by molar-refractivity contribution is 0.414. The molecule has 8 nitrogen and oxygen atoms in total. The van der Waals surface area contributed by atoms with Gasteiger partial charge in [0.15, 0.2) is 11.6 Å². The van der Waals surface area contributed by atoms with Crippen LogP contribution in [0.25, 0.3) is 10.9 Å². The SMILES string of the molecule is CC=CC=CC(=NC)Nc1cc(NCCN(C)C)nc(Oc2ccc3[nH]c(C)cc3c2F)n1. The number of amidine groups is 1. The van der Waals surface area contributed by atoms with Gasteiger partial charge in [0.25, 0.3) is 0 Å². The molecule has 0 saturated carbocycles. The van der Waals surface area contributed by atoms with Crippen molar-refractivity contribution >= 4 is 28.4 Å². The summed E-state index contributed by atoms with van der Waals surface area (Å²) in [6.07, 6.45) is 7.51. The Labute approximate surface area is 193 Å². The molecule has 3 aromatic rings. The Kier molecular flexibility index (Phi) is 8.15. The van der Waals surface area contributed by atoms with Crippen LogP contribution in [0.3, 0.4) is 0 Å². The Morgan fingerprint density at radius 1 is 1.21 bits per heavy atom. The second kappa shape index (κ2) is 11.2. The van der Waals surface area contributed by atoms with Gasteiger partial charge < -0.3 is 25.3 Å². The fraction of sp³-hybridized carbons (Fsp3) is 0.292. The van der Waals surface area contributed by atoms with Crippen molar-refractivity contribution in [3.05, 3.63) is 60.1 Å². The van der Waals surface area contributed by atoms with Gasteiger partial charge in [-0.05, 0) is 52.2 Å². The van der Waals surface area contributed by atoms with E-state index in [1.165, 1.54) is 0 Å². The molecule has 0 bridgehead atoms. The van der Waals surface area contributed by atoms with E-state index in [9.17, 15) is 0 Å². The third kappa shape index (κ3) is 6.63. The van der Waals surface area contributed by atoms with E-state index in [1.807, 2.05) is 52.2 Å². The highest BCUT2D eigenvalue weighted by Gasteiger charge is 2.14. The van der Waals surface area contributed by atoms with E-state index in [0.717, 1.165) is 12.2 Å². The number of fused-ring (bicyclic) bond motifs is 1. The molecule has 3 N–H and O–H groups in total. The molecule has 9 heteroatoms. The van der Waals surface area contributed by atoms with E-state index in [0.29, 0.717) is 34.9 Å². The van der Waals surface area contributed by atoms with Gasteiger partial charge in [0.1, 0.15) is 17.5 Å². The molecule has 2 aromatic heterocycles. The van der Waals surface area contributed by atoms with Crippen molar-refractivity contribution in [2.45, 2.75) is 13.8 Å². The maximum atomic E-state index is 15.0. The minimum Gasteiger partial charge on any atom is -0.421 e. The van der Waals surface area contributed by atoms with Crippen LogP contribution in [0, 0.1) is 12.7 Å². The van der Waals surface area contributed by atoms with Crippen molar-refractivity contribution in [2.24, 2.45) is 4.99 Å². The molecule has 0 spiro atoms. The van der Waals surface area contributed by atoms with Crippen LogP contribution in [0.2, 0.25) is 0 Å². The number of aromatic amines is 1. The number of rotatable bonds is 9. The minimum atomic E-state index is -0.467. The van der Waals surface area contributed by atoms with Gasteiger partial charge in [-0.3, -0.25) is 4.99 Å². The van der Waals surface area contributed by atoms with Crippen LogP contribution in [0.15, 0.2) is 53.6 Å². The highest BCUT2D eigenvalue weighted by atomic mass is 19.1. The smallest absolute Gasteiger partial charge is 0.326 e. The van der Waals surface area contributed by atoms with Crippen molar-refractivity contribution in [1.29, 1.82) is 0 Å². The largest absolute Gasteiger partial charge is 0.421 e. The van der Waals surface area contributed by atoms with E-state index in [4.69, 9.17) is 4.74 Å². The zero-order valence-corrected chi connectivity index (χ0v) is 19.6. The quantitative estimate of drug-likeness (QED) is 0.247. The van der Waals surface area contributed by atoms with Crippen LogP contribution >= 0.6 is 0 Å². The molecule has 2 heterocycles. The number of aliphatic imine (C=N–C) groups is 1. The van der Waals surface area contributed by atoms with Crippen LogP contribution < -0.4 is 15.4 Å². The Bertz CT molecular complexity index is 1180. The number of nitrogens with zero attached hydrogens (tertiary/aromatic N) is 4. The van der Waals surface area contributed by atoms with Gasteiger partial charge in [-0.15, -0.1) is 0 Å². The molecule has 3 rings (SSSR count). The summed E-state index contributed by atoms with van der Waals surface area (Å²) in [7, 11) is 5.67. The Balaban J connectivity index is 1.90. The fourth-order valence-corrected chi connectivity index (χ4v) is 3.06. The number of allylic oxidation sites excluding steroid dienone is 3. The average molecular weight is 452 g/mol. The number of likely N-dealkylation sites (N-methyl/N-ethyl adjacent to an activating group) is 1. The number of anilines is 2. The van der Waals surface area contributed by atoms with E-state index in [-0.39, 0.29) is 11.8 Å². The summed E-state index contributed by atoms with van der Waals surface area (Å²) in [5.74, 6) is 1.21. The number of H-pyrrole nitrogens is 1. The van der Waals surface area contributed by atoms with Crippen molar-refractivity contribution in [1.82, 2.24) is 19.9 Å². The zero-order valence-electron chi connectivity index (χ0n) is 19.6.